The quantitative estimate of drug-likeness (QED) is 0.0680. The molecule has 0 N–H and O–H groups in total. The van der Waals surface area contributed by atoms with Gasteiger partial charge in [0.2, 0.25) is 0 Å². The third-order valence-corrected chi connectivity index (χ3v) is 24.2. The monoisotopic (exact) mass is 1830 g/mol. The van der Waals surface area contributed by atoms with Crippen molar-refractivity contribution in [2.24, 2.45) is 0 Å². The third kappa shape index (κ3) is 17.3. The van der Waals surface area contributed by atoms with Gasteiger partial charge in [-0.3, -0.25) is 72.2 Å². The Labute approximate surface area is 796 Å². The minimum atomic E-state index is -0.468. The molecule has 0 fully saturated rings. The molecule has 24 heteroatoms. The van der Waals surface area contributed by atoms with E-state index in [-0.39, 0.29) is 76.3 Å². The fourth-order valence-electron chi connectivity index (χ4n) is 17.0. The summed E-state index contributed by atoms with van der Waals surface area (Å²) in [7, 11) is 4.33. The summed E-state index contributed by atoms with van der Waals surface area (Å²) in [6.07, 6.45) is 0. The van der Waals surface area contributed by atoms with Gasteiger partial charge in [0.15, 0.2) is 0 Å². The summed E-state index contributed by atoms with van der Waals surface area (Å²) in [6.45, 7) is 6.03. The first-order valence-electron chi connectivity index (χ1n) is 43.7. The van der Waals surface area contributed by atoms with Crippen molar-refractivity contribution in [3.8, 4) is 114 Å². The molecule has 6 heterocycles. The van der Waals surface area contributed by atoms with Gasteiger partial charge >= 0.3 is 0 Å². The van der Waals surface area contributed by atoms with Crippen molar-refractivity contribution in [1.82, 2.24) is 14.7 Å². The second-order valence-electron chi connectivity index (χ2n) is 33.5. The lowest BCUT2D eigenvalue weighted by Crippen LogP contribution is -2.29. The molecule has 0 atom stereocenters. The zero-order valence-corrected chi connectivity index (χ0v) is 74.5. The van der Waals surface area contributed by atoms with Gasteiger partial charge in [-0.2, -0.15) is 0 Å². The van der Waals surface area contributed by atoms with Crippen LogP contribution in [0, 0.1) is 20.8 Å². The topological polar surface area (TPSA) is 280 Å². The molecule has 22 rings (SSSR count). The van der Waals surface area contributed by atoms with Gasteiger partial charge in [0.1, 0.15) is 69.0 Å². The van der Waals surface area contributed by atoms with E-state index in [0.717, 1.165) is 74.5 Å². The highest BCUT2D eigenvalue weighted by atomic mass is 16.5. The van der Waals surface area contributed by atoms with Crippen LogP contribution in [0.1, 0.15) is 148 Å². The molecule has 24 nitrogen and oxygen atoms in total. The van der Waals surface area contributed by atoms with Gasteiger partial charge in [0.05, 0.1) is 83.8 Å². The van der Waals surface area contributed by atoms with E-state index in [1.165, 1.54) is 21.1 Å². The number of amides is 12. The number of carbonyl (C=O) groups excluding carboxylic acids is 12. The summed E-state index contributed by atoms with van der Waals surface area (Å²) in [5, 5.41) is 0. The largest absolute Gasteiger partial charge is 0.457 e. The lowest BCUT2D eigenvalue weighted by molar-refractivity contribution is 0.0678. The molecule has 0 spiro atoms. The molecule has 0 aliphatic carbocycles. The second-order valence-corrected chi connectivity index (χ2v) is 33.5. The number of carbonyl (C=O) groups is 12. The molecule has 0 unspecified atom stereocenters. The lowest BCUT2D eigenvalue weighted by Gasteiger charge is -2.15. The van der Waals surface area contributed by atoms with Crippen LogP contribution in [0.5, 0.6) is 69.0 Å². The highest BCUT2D eigenvalue weighted by molar-refractivity contribution is 6.37. The van der Waals surface area contributed by atoms with Crippen molar-refractivity contribution < 1.29 is 86.0 Å². The molecule has 678 valence electrons. The van der Waals surface area contributed by atoms with Crippen molar-refractivity contribution in [2.45, 2.75) is 28.2 Å². The van der Waals surface area contributed by atoms with Gasteiger partial charge in [-0.05, 0) is 283 Å². The molecule has 0 aromatic heterocycles. The Morgan fingerprint density at radius 3 is 0.647 bits per heavy atom. The van der Waals surface area contributed by atoms with Gasteiger partial charge < -0.3 is 28.4 Å². The summed E-state index contributed by atoms with van der Waals surface area (Å²) in [5.41, 5.74) is 14.0. The zero-order chi connectivity index (χ0) is 95.6. The van der Waals surface area contributed by atoms with Crippen molar-refractivity contribution in [1.29, 1.82) is 0 Å². The highest BCUT2D eigenvalue weighted by Crippen LogP contribution is 2.43. The van der Waals surface area contributed by atoms with Gasteiger partial charge in [0, 0.05) is 45.4 Å². The molecular formula is C115H80N6O18. The van der Waals surface area contributed by atoms with Gasteiger partial charge in [-0.15, -0.1) is 0 Å². The van der Waals surface area contributed by atoms with Crippen molar-refractivity contribution in [3.05, 3.63) is 435 Å². The Kier molecular flexibility index (Phi) is 23.5. The van der Waals surface area contributed by atoms with E-state index in [2.05, 4.69) is 0 Å². The van der Waals surface area contributed by atoms with Crippen LogP contribution in [0.25, 0.3) is 44.5 Å². The van der Waals surface area contributed by atoms with Crippen molar-refractivity contribution in [2.75, 3.05) is 35.8 Å². The van der Waals surface area contributed by atoms with Crippen LogP contribution >= 0.6 is 0 Å². The number of nitrogens with zero attached hydrogens (tertiary/aromatic N) is 6. The van der Waals surface area contributed by atoms with Gasteiger partial charge in [-0.1, -0.05) is 134 Å². The van der Waals surface area contributed by atoms with Crippen LogP contribution < -0.4 is 43.1 Å². The van der Waals surface area contributed by atoms with E-state index in [4.69, 9.17) is 28.4 Å². The molecule has 0 radical (unpaired) electrons. The standard InChI is InChI=1S/C42H28N2O6.2C36H24N2O6.CH4/c1-25-5-3-7-33(21-25)49-31-15-9-26(10-16-31)27-11-17-32(18-12-27)50-34-8-4-6-30(24-34)44-41(47)36-20-14-29(23-38(36)42(44)48)28-13-19-35-37(22-28)40(46)43(2)39(35)45;1-21-6-3-8-25(16-21)43-27-10-5-11-28(20-27)44-26-9-4-7-24(19-26)38-35(41)30-15-13-23(18-32(30)36(38)42)22-12-14-29-31(17-22)34(40)37(2)33(29)39;1-21-6-12-25(13-7-21)43-27-4-3-5-28(20-27)44-26-14-10-24(11-15-26)38-35(41)30-17-9-23(19-32(30)36(38)42)22-8-16-29-31(18-22)34(40)37(2)33(29)39;/h3-24H,1-2H3;2*3-20H,1-2H3;1H4. The average molecular weight is 1830 g/mol. The Hall–Kier alpha value is -18.8. The summed E-state index contributed by atoms with van der Waals surface area (Å²) in [5.74, 6) is 2.45. The number of hydrogen-bond donors (Lipinski definition) is 0. The Morgan fingerprint density at radius 1 is 0.158 bits per heavy atom. The van der Waals surface area contributed by atoms with Crippen molar-refractivity contribution >= 4 is 87.9 Å². The molecule has 6 aliphatic heterocycles. The minimum Gasteiger partial charge on any atom is -0.457 e. The number of hydrogen-bond acceptors (Lipinski definition) is 18. The molecule has 6 aliphatic rings. The Bertz CT molecular complexity index is 7910. The van der Waals surface area contributed by atoms with Crippen LogP contribution in [0.2, 0.25) is 0 Å². The van der Waals surface area contributed by atoms with Gasteiger partial charge in [-0.25, -0.2) is 14.7 Å². The molecular weight excluding hydrogens is 1750 g/mol. The highest BCUT2D eigenvalue weighted by Gasteiger charge is 2.42. The van der Waals surface area contributed by atoms with E-state index in [1.54, 1.807) is 200 Å². The molecule has 16 aromatic carbocycles. The average Bonchev–Trinajstić information content (AvgIpc) is 1.61. The maximum absolute atomic E-state index is 13.6. The first-order valence-corrected chi connectivity index (χ1v) is 43.7. The Morgan fingerprint density at radius 2 is 0.360 bits per heavy atom. The number of aryl methyl sites for hydroxylation is 3. The first-order chi connectivity index (χ1) is 66.8. The number of rotatable bonds is 19. The van der Waals surface area contributed by atoms with E-state index in [1.807, 2.05) is 172 Å². The van der Waals surface area contributed by atoms with Crippen molar-refractivity contribution in [3.63, 3.8) is 0 Å². The Balaban J connectivity index is 0.000000133. The smallest absolute Gasteiger partial charge is 0.266 e. The summed E-state index contributed by atoms with van der Waals surface area (Å²) in [4.78, 5) is 162. The number of benzene rings is 16. The summed E-state index contributed by atoms with van der Waals surface area (Å²) in [6, 6.07) is 104. The number of fused-ring (bicyclic) bond motifs is 6. The summed E-state index contributed by atoms with van der Waals surface area (Å²) < 4.78 is 36.1. The fraction of sp³-hybridized carbons (Fsp3) is 0.0609. The van der Waals surface area contributed by atoms with E-state index >= 15 is 0 Å². The molecule has 0 bridgehead atoms. The number of anilines is 3. The van der Waals surface area contributed by atoms with Crippen LogP contribution in [-0.4, -0.2) is 107 Å². The second kappa shape index (κ2) is 36.6. The fourth-order valence-corrected chi connectivity index (χ4v) is 17.0. The van der Waals surface area contributed by atoms with Crippen LogP contribution in [0.3, 0.4) is 0 Å². The minimum absolute atomic E-state index is 0. The zero-order valence-electron chi connectivity index (χ0n) is 74.5. The normalized spacial score (nSPS) is 13.6. The summed E-state index contributed by atoms with van der Waals surface area (Å²) >= 11 is 0. The lowest BCUT2D eigenvalue weighted by atomic mass is 9.97. The predicted molar refractivity (Wildman–Crippen MR) is 523 cm³/mol. The van der Waals surface area contributed by atoms with Crippen LogP contribution in [0.15, 0.2) is 352 Å². The van der Waals surface area contributed by atoms with Crippen LogP contribution in [0.4, 0.5) is 17.1 Å². The maximum atomic E-state index is 13.6. The first kappa shape index (κ1) is 89.4. The van der Waals surface area contributed by atoms with E-state index < -0.39 is 35.4 Å². The molecule has 16 aromatic rings. The van der Waals surface area contributed by atoms with Crippen LogP contribution in [-0.2, 0) is 0 Å². The molecule has 12 amide bonds. The van der Waals surface area contributed by atoms with Gasteiger partial charge in [0.25, 0.3) is 70.9 Å². The molecule has 0 saturated heterocycles. The predicted octanol–water partition coefficient (Wildman–Crippen LogP) is 24.1. The SMILES string of the molecule is C.Cc1ccc(Oc2cccc(Oc3ccc(N4C(=O)c5ccc(-c6ccc7c(c6)C(=O)N(C)C7=O)cc5C4=O)cc3)c2)cc1.Cc1cccc(Oc2ccc(-c3ccc(Oc4cccc(N5C(=O)c6ccc(-c7ccc8c(c7)C(=O)N(C)C8=O)cc6C5=O)c4)cc3)cc2)c1.Cc1cccc(Oc2cccc(Oc3cccc(N4C(=O)c5ccc(-c6ccc7c(c6)C(=O)N(C)C7=O)cc5C4=O)c3)c2)c1. The number of imide groups is 6. The molecule has 0 saturated carbocycles. The third-order valence-electron chi connectivity index (χ3n) is 24.2. The van der Waals surface area contributed by atoms with E-state index in [9.17, 15) is 57.5 Å². The van der Waals surface area contributed by atoms with E-state index in [0.29, 0.717) is 136 Å². The molecule has 139 heavy (non-hydrogen) atoms. The number of ether oxygens (including phenoxy) is 6. The maximum Gasteiger partial charge on any atom is 0.266 e.